The molecule has 0 aliphatic heterocycles. The summed E-state index contributed by atoms with van der Waals surface area (Å²) in [6, 6.07) is 8.64. The van der Waals surface area contributed by atoms with E-state index in [2.05, 4.69) is 21.2 Å². The monoisotopic (exact) mass is 354 g/mol. The molecule has 2 aromatic rings. The quantitative estimate of drug-likeness (QED) is 0.650. The molecule has 0 aliphatic carbocycles. The maximum atomic E-state index is 13.8. The molecule has 0 bridgehead atoms. The zero-order valence-corrected chi connectivity index (χ0v) is 12.7. The SMILES string of the molecule is CNCc1c(F)cccc1Oc1cc([N+](=O)[O-])ccc1Br. The van der Waals surface area contributed by atoms with Gasteiger partial charge in [0.1, 0.15) is 17.3 Å². The van der Waals surface area contributed by atoms with Crippen LogP contribution in [-0.4, -0.2) is 12.0 Å². The summed E-state index contributed by atoms with van der Waals surface area (Å²) < 4.78 is 20.0. The lowest BCUT2D eigenvalue weighted by molar-refractivity contribution is -0.384. The minimum atomic E-state index is -0.514. The topological polar surface area (TPSA) is 64.4 Å². The molecule has 0 aliphatic rings. The maximum Gasteiger partial charge on any atom is 0.273 e. The van der Waals surface area contributed by atoms with E-state index in [0.717, 1.165) is 0 Å². The first-order valence-corrected chi connectivity index (χ1v) is 6.86. The molecule has 0 spiro atoms. The molecule has 1 N–H and O–H groups in total. The summed E-state index contributed by atoms with van der Waals surface area (Å²) in [7, 11) is 1.69. The van der Waals surface area contributed by atoms with E-state index in [9.17, 15) is 14.5 Å². The standard InChI is InChI=1S/C14H12BrFN2O3/c1-17-8-10-12(16)3-2-4-13(10)21-14-7-9(18(19)20)5-6-11(14)15/h2-7,17H,8H2,1H3. The molecule has 0 atom stereocenters. The average molecular weight is 355 g/mol. The van der Waals surface area contributed by atoms with E-state index in [1.807, 2.05) is 0 Å². The fourth-order valence-corrected chi connectivity index (χ4v) is 2.11. The number of nitrogens with zero attached hydrogens (tertiary/aromatic N) is 1. The lowest BCUT2D eigenvalue weighted by Gasteiger charge is -2.12. The molecular weight excluding hydrogens is 343 g/mol. The van der Waals surface area contributed by atoms with E-state index in [1.54, 1.807) is 13.1 Å². The van der Waals surface area contributed by atoms with Gasteiger partial charge in [0.2, 0.25) is 0 Å². The Labute approximate surface area is 129 Å². The van der Waals surface area contributed by atoms with Gasteiger partial charge in [0, 0.05) is 18.2 Å². The summed E-state index contributed by atoms with van der Waals surface area (Å²) in [5.41, 5.74) is 0.262. The fraction of sp³-hybridized carbons (Fsp3) is 0.143. The molecule has 21 heavy (non-hydrogen) atoms. The Hall–Kier alpha value is -1.99. The smallest absolute Gasteiger partial charge is 0.273 e. The molecule has 0 saturated heterocycles. The molecule has 110 valence electrons. The third-order valence-electron chi connectivity index (χ3n) is 2.77. The fourth-order valence-electron chi connectivity index (χ4n) is 1.79. The Morgan fingerprint density at radius 3 is 2.76 bits per heavy atom. The predicted molar refractivity (Wildman–Crippen MR) is 80.0 cm³/mol. The summed E-state index contributed by atoms with van der Waals surface area (Å²) in [6.45, 7) is 0.286. The molecule has 0 saturated carbocycles. The number of hydrogen-bond acceptors (Lipinski definition) is 4. The van der Waals surface area contributed by atoms with Crippen molar-refractivity contribution in [3.8, 4) is 11.5 Å². The number of nitro groups is 1. The van der Waals surface area contributed by atoms with Gasteiger partial charge < -0.3 is 10.1 Å². The lowest BCUT2D eigenvalue weighted by Crippen LogP contribution is -2.08. The van der Waals surface area contributed by atoms with Crippen LogP contribution in [0.3, 0.4) is 0 Å². The highest BCUT2D eigenvalue weighted by molar-refractivity contribution is 9.10. The zero-order chi connectivity index (χ0) is 15.4. The van der Waals surface area contributed by atoms with Crippen molar-refractivity contribution in [2.24, 2.45) is 0 Å². The Morgan fingerprint density at radius 1 is 1.33 bits per heavy atom. The minimum Gasteiger partial charge on any atom is -0.455 e. The first-order valence-electron chi connectivity index (χ1n) is 6.06. The molecule has 7 heteroatoms. The van der Waals surface area contributed by atoms with E-state index in [-0.39, 0.29) is 18.0 Å². The molecule has 0 heterocycles. The normalized spacial score (nSPS) is 10.4. The van der Waals surface area contributed by atoms with Crippen LogP contribution in [0.1, 0.15) is 5.56 Å². The highest BCUT2D eigenvalue weighted by atomic mass is 79.9. The molecule has 2 rings (SSSR count). The third-order valence-corrected chi connectivity index (χ3v) is 3.43. The average Bonchev–Trinajstić information content (AvgIpc) is 2.44. The molecule has 5 nitrogen and oxygen atoms in total. The van der Waals surface area contributed by atoms with E-state index in [4.69, 9.17) is 4.74 Å². The van der Waals surface area contributed by atoms with Gasteiger partial charge in [-0.3, -0.25) is 10.1 Å². The second kappa shape index (κ2) is 6.64. The van der Waals surface area contributed by atoms with Crippen molar-refractivity contribution in [2.45, 2.75) is 6.54 Å². The summed E-state index contributed by atoms with van der Waals surface area (Å²) in [5, 5.41) is 13.7. The Bertz CT molecular complexity index is 679. The van der Waals surface area contributed by atoms with Gasteiger partial charge in [0.05, 0.1) is 15.5 Å². The number of ether oxygens (including phenoxy) is 1. The predicted octanol–water partition coefficient (Wildman–Crippen LogP) is 4.01. The maximum absolute atomic E-state index is 13.8. The van der Waals surface area contributed by atoms with Crippen molar-refractivity contribution in [3.05, 3.63) is 62.4 Å². The second-order valence-corrected chi connectivity index (χ2v) is 5.08. The second-order valence-electron chi connectivity index (χ2n) is 4.22. The number of nitrogens with one attached hydrogen (secondary N) is 1. The van der Waals surface area contributed by atoms with Crippen LogP contribution in [0.25, 0.3) is 0 Å². The molecule has 0 amide bonds. The van der Waals surface area contributed by atoms with Crippen LogP contribution >= 0.6 is 15.9 Å². The molecular formula is C14H12BrFN2O3. The van der Waals surface area contributed by atoms with E-state index in [1.165, 1.54) is 30.3 Å². The van der Waals surface area contributed by atoms with Gasteiger partial charge in [0.25, 0.3) is 5.69 Å². The van der Waals surface area contributed by atoms with Crippen LogP contribution in [0.4, 0.5) is 10.1 Å². The van der Waals surface area contributed by atoms with E-state index >= 15 is 0 Å². The van der Waals surface area contributed by atoms with E-state index in [0.29, 0.717) is 15.8 Å². The first-order chi connectivity index (χ1) is 10.0. The van der Waals surface area contributed by atoms with Crippen molar-refractivity contribution in [3.63, 3.8) is 0 Å². The summed E-state index contributed by atoms with van der Waals surface area (Å²) >= 11 is 3.26. The molecule has 0 unspecified atom stereocenters. The number of benzene rings is 2. The van der Waals surface area contributed by atoms with Crippen LogP contribution in [0.2, 0.25) is 0 Å². The number of nitro benzene ring substituents is 1. The van der Waals surface area contributed by atoms with Crippen molar-refractivity contribution in [2.75, 3.05) is 7.05 Å². The third kappa shape index (κ3) is 3.56. The van der Waals surface area contributed by atoms with Gasteiger partial charge in [-0.1, -0.05) is 6.07 Å². The van der Waals surface area contributed by atoms with Gasteiger partial charge in [-0.15, -0.1) is 0 Å². The molecule has 0 aromatic heterocycles. The van der Waals surface area contributed by atoms with Gasteiger partial charge in [-0.2, -0.15) is 0 Å². The van der Waals surface area contributed by atoms with Crippen LogP contribution in [0.15, 0.2) is 40.9 Å². The van der Waals surface area contributed by atoms with Crippen molar-refractivity contribution >= 4 is 21.6 Å². The summed E-state index contributed by atoms with van der Waals surface area (Å²) in [5.74, 6) is 0.168. The Kier molecular flexibility index (Phi) is 4.87. The van der Waals surface area contributed by atoms with Crippen LogP contribution < -0.4 is 10.1 Å². The van der Waals surface area contributed by atoms with Crippen LogP contribution in [-0.2, 0) is 6.54 Å². The van der Waals surface area contributed by atoms with Crippen molar-refractivity contribution in [1.29, 1.82) is 0 Å². The zero-order valence-electron chi connectivity index (χ0n) is 11.1. The van der Waals surface area contributed by atoms with Crippen LogP contribution in [0, 0.1) is 15.9 Å². The molecule has 0 radical (unpaired) electrons. The largest absolute Gasteiger partial charge is 0.455 e. The number of rotatable bonds is 5. The highest BCUT2D eigenvalue weighted by Gasteiger charge is 2.14. The lowest BCUT2D eigenvalue weighted by atomic mass is 10.2. The van der Waals surface area contributed by atoms with Crippen LogP contribution in [0.5, 0.6) is 11.5 Å². The summed E-state index contributed by atoms with van der Waals surface area (Å²) in [4.78, 5) is 10.3. The van der Waals surface area contributed by atoms with Gasteiger partial charge >= 0.3 is 0 Å². The highest BCUT2D eigenvalue weighted by Crippen LogP contribution is 2.34. The Morgan fingerprint density at radius 2 is 2.10 bits per heavy atom. The molecule has 0 fully saturated rings. The minimum absolute atomic E-state index is 0.0974. The number of hydrogen-bond donors (Lipinski definition) is 1. The van der Waals surface area contributed by atoms with E-state index < -0.39 is 10.7 Å². The Balaban J connectivity index is 2.40. The van der Waals surface area contributed by atoms with Gasteiger partial charge in [-0.25, -0.2) is 4.39 Å². The summed E-state index contributed by atoms with van der Waals surface area (Å²) in [6.07, 6.45) is 0. The van der Waals surface area contributed by atoms with Crippen molar-refractivity contribution < 1.29 is 14.1 Å². The first kappa shape index (κ1) is 15.4. The van der Waals surface area contributed by atoms with Gasteiger partial charge in [-0.05, 0) is 41.2 Å². The number of non-ortho nitro benzene ring substituents is 1. The number of halogens is 2. The molecule has 2 aromatic carbocycles. The van der Waals surface area contributed by atoms with Gasteiger partial charge in [0.15, 0.2) is 0 Å². The van der Waals surface area contributed by atoms with Crippen molar-refractivity contribution in [1.82, 2.24) is 5.32 Å².